The van der Waals surface area contributed by atoms with Gasteiger partial charge in [-0.2, -0.15) is 0 Å². The van der Waals surface area contributed by atoms with Gasteiger partial charge in [-0.3, -0.25) is 0 Å². The van der Waals surface area contributed by atoms with E-state index < -0.39 is 0 Å². The van der Waals surface area contributed by atoms with Gasteiger partial charge in [-0.1, -0.05) is 32.0 Å². The lowest BCUT2D eigenvalue weighted by molar-refractivity contribution is 0.239. The molecule has 3 heteroatoms. The van der Waals surface area contributed by atoms with Gasteiger partial charge < -0.3 is 15.0 Å². The Morgan fingerprint density at radius 3 is 2.50 bits per heavy atom. The Morgan fingerprint density at radius 2 is 1.85 bits per heavy atom. The van der Waals surface area contributed by atoms with Gasteiger partial charge in [0.15, 0.2) is 0 Å². The van der Waals surface area contributed by atoms with Crippen LogP contribution in [0.25, 0.3) is 0 Å². The highest BCUT2D eigenvalue weighted by molar-refractivity contribution is 5.33. The van der Waals surface area contributed by atoms with Crippen molar-refractivity contribution < 1.29 is 4.74 Å². The van der Waals surface area contributed by atoms with E-state index in [4.69, 9.17) is 4.74 Å². The van der Waals surface area contributed by atoms with Gasteiger partial charge in [-0.05, 0) is 52.5 Å². The number of rotatable bonds is 10. The van der Waals surface area contributed by atoms with E-state index in [2.05, 4.69) is 50.0 Å². The molecule has 0 fully saturated rings. The van der Waals surface area contributed by atoms with Crippen LogP contribution in [0.4, 0.5) is 0 Å². The average Bonchev–Trinajstić information content (AvgIpc) is 2.44. The quantitative estimate of drug-likeness (QED) is 0.665. The molecule has 114 valence electrons. The van der Waals surface area contributed by atoms with Crippen LogP contribution in [0.1, 0.15) is 39.7 Å². The Hall–Kier alpha value is -1.06. The molecule has 0 heterocycles. The summed E-state index contributed by atoms with van der Waals surface area (Å²) in [7, 11) is 0. The summed E-state index contributed by atoms with van der Waals surface area (Å²) in [4.78, 5) is 2.46. The fourth-order valence-corrected chi connectivity index (χ4v) is 2.21. The van der Waals surface area contributed by atoms with Crippen molar-refractivity contribution in [1.82, 2.24) is 10.2 Å². The first-order chi connectivity index (χ1) is 9.67. The molecule has 0 bridgehead atoms. The van der Waals surface area contributed by atoms with Crippen molar-refractivity contribution in [2.75, 3.05) is 26.2 Å². The lowest BCUT2D eigenvalue weighted by Crippen LogP contribution is -2.27. The van der Waals surface area contributed by atoms with E-state index in [9.17, 15) is 0 Å². The van der Waals surface area contributed by atoms with Crippen LogP contribution in [-0.2, 0) is 6.54 Å². The second-order valence-electron chi connectivity index (χ2n) is 5.33. The van der Waals surface area contributed by atoms with Gasteiger partial charge >= 0.3 is 0 Å². The molecule has 1 aromatic carbocycles. The summed E-state index contributed by atoms with van der Waals surface area (Å²) in [6.45, 7) is 13.9. The average molecular weight is 278 g/mol. The molecule has 1 rings (SSSR count). The van der Waals surface area contributed by atoms with Crippen LogP contribution in [0.15, 0.2) is 24.3 Å². The van der Waals surface area contributed by atoms with Crippen molar-refractivity contribution in [2.45, 2.75) is 46.8 Å². The fraction of sp³-hybridized carbons (Fsp3) is 0.647. The normalized spacial score (nSPS) is 11.3. The number of para-hydroxylation sites is 1. The van der Waals surface area contributed by atoms with Crippen LogP contribution in [0, 0.1) is 0 Å². The molecule has 0 saturated carbocycles. The molecule has 1 N–H and O–H groups in total. The molecule has 0 unspecified atom stereocenters. The van der Waals surface area contributed by atoms with Crippen molar-refractivity contribution in [1.29, 1.82) is 0 Å². The molecule has 0 spiro atoms. The molecule has 0 atom stereocenters. The smallest absolute Gasteiger partial charge is 0.124 e. The summed E-state index contributed by atoms with van der Waals surface area (Å²) in [5.41, 5.74) is 1.24. The van der Waals surface area contributed by atoms with Gasteiger partial charge in [0.2, 0.25) is 0 Å². The van der Waals surface area contributed by atoms with Crippen LogP contribution < -0.4 is 10.1 Å². The molecular formula is C17H30N2O. The maximum atomic E-state index is 5.83. The minimum Gasteiger partial charge on any atom is -0.491 e. The van der Waals surface area contributed by atoms with Crippen LogP contribution in [0.3, 0.4) is 0 Å². The lowest BCUT2D eigenvalue weighted by atomic mass is 10.2. The third-order valence-electron chi connectivity index (χ3n) is 3.37. The van der Waals surface area contributed by atoms with Crippen LogP contribution in [-0.4, -0.2) is 37.2 Å². The van der Waals surface area contributed by atoms with E-state index >= 15 is 0 Å². The summed E-state index contributed by atoms with van der Waals surface area (Å²) in [6.07, 6.45) is 1.41. The zero-order valence-corrected chi connectivity index (χ0v) is 13.5. The molecule has 0 aliphatic rings. The van der Waals surface area contributed by atoms with Crippen LogP contribution >= 0.6 is 0 Å². The molecule has 0 aliphatic heterocycles. The van der Waals surface area contributed by atoms with Gasteiger partial charge in [-0.15, -0.1) is 0 Å². The van der Waals surface area contributed by atoms with Crippen molar-refractivity contribution in [2.24, 2.45) is 0 Å². The maximum absolute atomic E-state index is 5.83. The molecule has 0 radical (unpaired) electrons. The zero-order chi connectivity index (χ0) is 14.8. The first kappa shape index (κ1) is 17.0. The monoisotopic (exact) mass is 278 g/mol. The molecular weight excluding hydrogens is 248 g/mol. The van der Waals surface area contributed by atoms with E-state index in [1.807, 2.05) is 12.1 Å². The Labute approximate surface area is 124 Å². The van der Waals surface area contributed by atoms with E-state index in [-0.39, 0.29) is 6.10 Å². The van der Waals surface area contributed by atoms with Crippen LogP contribution in [0.2, 0.25) is 0 Å². The van der Waals surface area contributed by atoms with E-state index in [1.54, 1.807) is 0 Å². The SMILES string of the molecule is CCN(CC)CCCNCc1ccccc1OC(C)C. The van der Waals surface area contributed by atoms with Crippen LogP contribution in [0.5, 0.6) is 5.75 Å². The third-order valence-corrected chi connectivity index (χ3v) is 3.37. The minimum atomic E-state index is 0.221. The zero-order valence-electron chi connectivity index (χ0n) is 13.5. The second kappa shape index (κ2) is 9.78. The third kappa shape index (κ3) is 6.40. The summed E-state index contributed by atoms with van der Waals surface area (Å²) < 4.78 is 5.83. The summed E-state index contributed by atoms with van der Waals surface area (Å²) in [5, 5.41) is 3.51. The largest absolute Gasteiger partial charge is 0.491 e. The second-order valence-corrected chi connectivity index (χ2v) is 5.33. The maximum Gasteiger partial charge on any atom is 0.124 e. The van der Waals surface area contributed by atoms with Gasteiger partial charge in [0.25, 0.3) is 0 Å². The number of benzene rings is 1. The van der Waals surface area contributed by atoms with E-state index in [1.165, 1.54) is 18.5 Å². The van der Waals surface area contributed by atoms with Gasteiger partial charge in [0.05, 0.1) is 6.10 Å². The number of hydrogen-bond acceptors (Lipinski definition) is 3. The summed E-state index contributed by atoms with van der Waals surface area (Å²) in [5.74, 6) is 0.999. The molecule has 20 heavy (non-hydrogen) atoms. The highest BCUT2D eigenvalue weighted by Crippen LogP contribution is 2.18. The standard InChI is InChI=1S/C17H30N2O/c1-5-19(6-2)13-9-12-18-14-16-10-7-8-11-17(16)20-15(3)4/h7-8,10-11,15,18H,5-6,9,12-14H2,1-4H3. The Morgan fingerprint density at radius 1 is 1.15 bits per heavy atom. The number of hydrogen-bond donors (Lipinski definition) is 1. The number of nitrogens with one attached hydrogen (secondary N) is 1. The van der Waals surface area contributed by atoms with Gasteiger partial charge in [0, 0.05) is 12.1 Å². The Balaban J connectivity index is 2.31. The molecule has 1 aromatic rings. The molecule has 3 nitrogen and oxygen atoms in total. The lowest BCUT2D eigenvalue weighted by Gasteiger charge is -2.18. The topological polar surface area (TPSA) is 24.5 Å². The van der Waals surface area contributed by atoms with Gasteiger partial charge in [-0.25, -0.2) is 0 Å². The highest BCUT2D eigenvalue weighted by Gasteiger charge is 2.04. The van der Waals surface area contributed by atoms with E-state index in [0.717, 1.165) is 31.9 Å². The van der Waals surface area contributed by atoms with Crippen molar-refractivity contribution in [3.8, 4) is 5.75 Å². The number of nitrogens with zero attached hydrogens (tertiary/aromatic N) is 1. The van der Waals surface area contributed by atoms with Crippen molar-refractivity contribution >= 4 is 0 Å². The molecule has 0 saturated heterocycles. The predicted octanol–water partition coefficient (Wildman–Crippen LogP) is 3.30. The molecule has 0 aromatic heterocycles. The molecule has 0 amide bonds. The van der Waals surface area contributed by atoms with Crippen molar-refractivity contribution in [3.63, 3.8) is 0 Å². The minimum absolute atomic E-state index is 0.221. The van der Waals surface area contributed by atoms with E-state index in [0.29, 0.717) is 0 Å². The summed E-state index contributed by atoms with van der Waals surface area (Å²) >= 11 is 0. The fourth-order valence-electron chi connectivity index (χ4n) is 2.21. The molecule has 0 aliphatic carbocycles. The van der Waals surface area contributed by atoms with Crippen molar-refractivity contribution in [3.05, 3.63) is 29.8 Å². The summed E-state index contributed by atoms with van der Waals surface area (Å²) in [6, 6.07) is 8.28. The van der Waals surface area contributed by atoms with Gasteiger partial charge in [0.1, 0.15) is 5.75 Å². The first-order valence-electron chi connectivity index (χ1n) is 7.85. The Bertz CT molecular complexity index is 362. The Kier molecular flexibility index (Phi) is 8.31. The predicted molar refractivity (Wildman–Crippen MR) is 86.3 cm³/mol. The highest BCUT2D eigenvalue weighted by atomic mass is 16.5. The number of ether oxygens (including phenoxy) is 1. The first-order valence-corrected chi connectivity index (χ1v) is 7.85.